The van der Waals surface area contributed by atoms with E-state index >= 15 is 0 Å². The average Bonchev–Trinajstić information content (AvgIpc) is 2.34. The lowest BCUT2D eigenvalue weighted by molar-refractivity contribution is 0.727. The van der Waals surface area contributed by atoms with Gasteiger partial charge < -0.3 is 0 Å². The third kappa shape index (κ3) is 1.43. The number of hydrogen-bond donors (Lipinski definition) is 1. The van der Waals surface area contributed by atoms with Crippen LogP contribution in [-0.2, 0) is 0 Å². The summed E-state index contributed by atoms with van der Waals surface area (Å²) >= 11 is 0. The molecule has 0 fully saturated rings. The van der Waals surface area contributed by atoms with Gasteiger partial charge in [-0.1, -0.05) is 33.9 Å². The van der Waals surface area contributed by atoms with E-state index in [9.17, 15) is 0 Å². The van der Waals surface area contributed by atoms with Crippen LogP contribution in [0.1, 0.15) is 20.8 Å². The monoisotopic (exact) mass is 183 g/mol. The van der Waals surface area contributed by atoms with Gasteiger partial charge in [-0.15, -0.1) is 0 Å². The van der Waals surface area contributed by atoms with E-state index < -0.39 is 8.07 Å². The number of aromatic nitrogens is 3. The molecule has 0 atom stereocenters. The smallest absolute Gasteiger partial charge is 0.114 e. The summed E-state index contributed by atoms with van der Waals surface area (Å²) in [5.41, 5.74) is 0. The maximum atomic E-state index is 4.18. The summed E-state index contributed by atoms with van der Waals surface area (Å²) in [5, 5.41) is 12.2. The van der Waals surface area contributed by atoms with Crippen LogP contribution < -0.4 is 5.32 Å². The predicted octanol–water partition coefficient (Wildman–Crippen LogP) is 1.52. The highest BCUT2D eigenvalue weighted by Crippen LogP contribution is 2.34. The van der Waals surface area contributed by atoms with Crippen LogP contribution in [0.3, 0.4) is 0 Å². The van der Waals surface area contributed by atoms with Gasteiger partial charge in [-0.05, 0) is 5.04 Å². The van der Waals surface area contributed by atoms with Crippen LogP contribution >= 0.6 is 0 Å². The van der Waals surface area contributed by atoms with E-state index in [1.165, 1.54) is 0 Å². The lowest BCUT2D eigenvalue weighted by Crippen LogP contribution is -2.50. The standard InChI is InChI=1S/C8H17N3Si/c1-8(2,3)12(4,5)7-6-9-11-10-7/h6H,1-5H3,(H,9,10,11). The highest BCUT2D eigenvalue weighted by molar-refractivity contribution is 6.91. The van der Waals surface area contributed by atoms with E-state index in [2.05, 4.69) is 49.3 Å². The lowest BCUT2D eigenvalue weighted by Gasteiger charge is -2.34. The van der Waals surface area contributed by atoms with Gasteiger partial charge in [0.15, 0.2) is 0 Å². The molecule has 0 amide bonds. The van der Waals surface area contributed by atoms with E-state index in [-0.39, 0.29) is 0 Å². The van der Waals surface area contributed by atoms with Crippen LogP contribution in [0.4, 0.5) is 0 Å². The van der Waals surface area contributed by atoms with Crippen LogP contribution in [0, 0.1) is 0 Å². The van der Waals surface area contributed by atoms with Crippen molar-refractivity contribution < 1.29 is 0 Å². The van der Waals surface area contributed by atoms with Crippen LogP contribution in [0.2, 0.25) is 18.1 Å². The van der Waals surface area contributed by atoms with Crippen molar-refractivity contribution in [1.82, 2.24) is 15.4 Å². The normalized spacial score (nSPS) is 13.4. The third-order valence-electron chi connectivity index (χ3n) is 2.93. The van der Waals surface area contributed by atoms with Gasteiger partial charge in [0.2, 0.25) is 0 Å². The minimum Gasteiger partial charge on any atom is -0.198 e. The van der Waals surface area contributed by atoms with Crippen LogP contribution in [0.25, 0.3) is 0 Å². The van der Waals surface area contributed by atoms with Gasteiger partial charge in [0.05, 0.1) is 11.5 Å². The molecule has 68 valence electrons. The zero-order chi connectivity index (χ0) is 9.41. The first-order valence-corrected chi connectivity index (χ1v) is 7.22. The molecular formula is C8H17N3Si. The fraction of sp³-hybridized carbons (Fsp3) is 0.750. The highest BCUT2D eigenvalue weighted by atomic mass is 28.3. The van der Waals surface area contributed by atoms with Crippen LogP contribution in [0.15, 0.2) is 6.20 Å². The summed E-state index contributed by atoms with van der Waals surface area (Å²) in [5.74, 6) is 0. The van der Waals surface area contributed by atoms with Gasteiger partial charge in [-0.25, -0.2) is 0 Å². The van der Waals surface area contributed by atoms with Crippen molar-refractivity contribution >= 4 is 13.4 Å². The zero-order valence-corrected chi connectivity index (χ0v) is 9.47. The summed E-state index contributed by atoms with van der Waals surface area (Å²) in [7, 11) is -1.43. The Morgan fingerprint density at radius 2 is 1.92 bits per heavy atom. The molecule has 0 saturated carbocycles. The quantitative estimate of drug-likeness (QED) is 0.671. The summed E-state index contributed by atoms with van der Waals surface area (Å²) in [4.78, 5) is 0. The van der Waals surface area contributed by atoms with Gasteiger partial charge >= 0.3 is 0 Å². The average molecular weight is 183 g/mol. The number of aromatic amines is 1. The van der Waals surface area contributed by atoms with Crippen molar-refractivity contribution in [2.45, 2.75) is 38.9 Å². The number of nitrogens with one attached hydrogen (secondary N) is 1. The van der Waals surface area contributed by atoms with E-state index in [1.54, 1.807) is 0 Å². The molecule has 0 spiro atoms. The SMILES string of the molecule is CC(C)(C)[Si](C)(C)c1cn[nH]n1. The molecule has 0 radical (unpaired) electrons. The minimum absolute atomic E-state index is 0.337. The molecule has 1 N–H and O–H groups in total. The molecule has 4 heteroatoms. The maximum absolute atomic E-state index is 4.18. The van der Waals surface area contributed by atoms with Crippen molar-refractivity contribution in [3.63, 3.8) is 0 Å². The molecular weight excluding hydrogens is 166 g/mol. The van der Waals surface area contributed by atoms with Crippen LogP contribution in [-0.4, -0.2) is 23.5 Å². The maximum Gasteiger partial charge on any atom is 0.114 e. The van der Waals surface area contributed by atoms with Crippen molar-refractivity contribution in [2.24, 2.45) is 0 Å². The molecule has 0 aliphatic rings. The van der Waals surface area contributed by atoms with Crippen molar-refractivity contribution in [2.75, 3.05) is 0 Å². The molecule has 0 aliphatic carbocycles. The Hall–Kier alpha value is -0.643. The fourth-order valence-corrected chi connectivity index (χ4v) is 2.37. The van der Waals surface area contributed by atoms with Gasteiger partial charge in [-0.3, -0.25) is 0 Å². The van der Waals surface area contributed by atoms with E-state index in [1.807, 2.05) is 6.20 Å². The molecule has 0 aliphatic heterocycles. The first kappa shape index (κ1) is 9.44. The Labute approximate surface area is 74.6 Å². The van der Waals surface area contributed by atoms with Gasteiger partial charge in [0, 0.05) is 0 Å². The second kappa shape index (κ2) is 2.69. The van der Waals surface area contributed by atoms with Gasteiger partial charge in [-0.2, -0.15) is 15.4 Å². The minimum atomic E-state index is -1.43. The van der Waals surface area contributed by atoms with Crippen molar-refractivity contribution in [3.8, 4) is 0 Å². The van der Waals surface area contributed by atoms with E-state index in [0.29, 0.717) is 5.04 Å². The van der Waals surface area contributed by atoms with E-state index in [4.69, 9.17) is 0 Å². The number of rotatable bonds is 1. The summed E-state index contributed by atoms with van der Waals surface area (Å²) < 4.78 is 0. The Kier molecular flexibility index (Phi) is 2.12. The molecule has 0 unspecified atom stereocenters. The van der Waals surface area contributed by atoms with Gasteiger partial charge in [0.25, 0.3) is 0 Å². The molecule has 0 saturated heterocycles. The Balaban J connectivity index is 3.02. The molecule has 12 heavy (non-hydrogen) atoms. The fourth-order valence-electron chi connectivity index (χ4n) is 0.887. The Morgan fingerprint density at radius 1 is 1.33 bits per heavy atom. The molecule has 1 rings (SSSR count). The summed E-state index contributed by atoms with van der Waals surface area (Å²) in [6.45, 7) is 11.5. The van der Waals surface area contributed by atoms with Crippen molar-refractivity contribution in [3.05, 3.63) is 6.20 Å². The summed E-state index contributed by atoms with van der Waals surface area (Å²) in [6.07, 6.45) is 1.86. The van der Waals surface area contributed by atoms with Crippen molar-refractivity contribution in [1.29, 1.82) is 0 Å². The Bertz CT molecular complexity index is 246. The molecule has 3 nitrogen and oxygen atoms in total. The topological polar surface area (TPSA) is 41.6 Å². The third-order valence-corrected chi connectivity index (χ3v) is 8.20. The molecule has 1 aromatic rings. The first-order valence-electron chi connectivity index (χ1n) is 4.22. The molecule has 1 aromatic heterocycles. The number of hydrogen-bond acceptors (Lipinski definition) is 2. The first-order chi connectivity index (χ1) is 5.36. The zero-order valence-electron chi connectivity index (χ0n) is 8.47. The molecule has 0 aromatic carbocycles. The second-order valence-corrected chi connectivity index (χ2v) is 9.99. The number of H-pyrrole nitrogens is 1. The lowest BCUT2D eigenvalue weighted by atomic mass is 10.2. The molecule has 1 heterocycles. The highest BCUT2D eigenvalue weighted by Gasteiger charge is 2.38. The predicted molar refractivity (Wildman–Crippen MR) is 53.2 cm³/mol. The summed E-state index contributed by atoms with van der Waals surface area (Å²) in [6, 6.07) is 0. The van der Waals surface area contributed by atoms with Crippen LogP contribution in [0.5, 0.6) is 0 Å². The van der Waals surface area contributed by atoms with E-state index in [0.717, 1.165) is 5.32 Å². The molecule has 0 bridgehead atoms. The second-order valence-electron chi connectivity index (χ2n) is 4.73. The largest absolute Gasteiger partial charge is 0.198 e. The Morgan fingerprint density at radius 3 is 2.25 bits per heavy atom. The van der Waals surface area contributed by atoms with Gasteiger partial charge in [0.1, 0.15) is 8.07 Å². The number of nitrogens with zero attached hydrogens (tertiary/aromatic N) is 2.